The van der Waals surface area contributed by atoms with Crippen LogP contribution in [0.1, 0.15) is 59.8 Å². The standard InChI is InChI=1S/C17H20N2O/c20-13-17-18-10-11-19(17)12-14-6-8-16(9-7-14)15-4-2-1-3-5-15/h6-11,13,15H,1-5,12H2. The second-order valence-corrected chi connectivity index (χ2v) is 5.61. The van der Waals surface area contributed by atoms with Gasteiger partial charge in [0.1, 0.15) is 0 Å². The number of hydrogen-bond acceptors (Lipinski definition) is 2. The first-order valence-corrected chi connectivity index (χ1v) is 7.42. The molecule has 1 aromatic heterocycles. The van der Waals surface area contributed by atoms with E-state index < -0.39 is 0 Å². The van der Waals surface area contributed by atoms with Gasteiger partial charge in [-0.2, -0.15) is 0 Å². The van der Waals surface area contributed by atoms with Crippen LogP contribution in [0.15, 0.2) is 36.7 Å². The number of benzene rings is 1. The molecule has 0 unspecified atom stereocenters. The monoisotopic (exact) mass is 268 g/mol. The van der Waals surface area contributed by atoms with Crippen molar-refractivity contribution in [3.8, 4) is 0 Å². The zero-order valence-electron chi connectivity index (χ0n) is 11.7. The Kier molecular flexibility index (Phi) is 3.95. The molecule has 0 saturated heterocycles. The van der Waals surface area contributed by atoms with Crippen molar-refractivity contribution in [2.75, 3.05) is 0 Å². The third kappa shape index (κ3) is 2.82. The minimum Gasteiger partial charge on any atom is -0.324 e. The first kappa shape index (κ1) is 13.1. The summed E-state index contributed by atoms with van der Waals surface area (Å²) in [4.78, 5) is 14.9. The summed E-state index contributed by atoms with van der Waals surface area (Å²) in [7, 11) is 0. The van der Waals surface area contributed by atoms with Gasteiger partial charge in [-0.05, 0) is 29.9 Å². The third-order valence-corrected chi connectivity index (χ3v) is 4.26. The van der Waals surface area contributed by atoms with Crippen molar-refractivity contribution in [3.63, 3.8) is 0 Å². The average Bonchev–Trinajstić information content (AvgIpc) is 2.96. The molecule has 1 aliphatic carbocycles. The predicted molar refractivity (Wildman–Crippen MR) is 79.0 cm³/mol. The topological polar surface area (TPSA) is 34.9 Å². The average molecular weight is 268 g/mol. The molecule has 104 valence electrons. The Morgan fingerprint density at radius 3 is 2.60 bits per heavy atom. The molecule has 2 aromatic rings. The molecule has 3 rings (SSSR count). The van der Waals surface area contributed by atoms with Gasteiger partial charge < -0.3 is 4.57 Å². The highest BCUT2D eigenvalue weighted by atomic mass is 16.1. The van der Waals surface area contributed by atoms with Crippen LogP contribution in [0.2, 0.25) is 0 Å². The van der Waals surface area contributed by atoms with Crippen LogP contribution in [0.25, 0.3) is 0 Å². The molecule has 3 nitrogen and oxygen atoms in total. The summed E-state index contributed by atoms with van der Waals surface area (Å²) in [5.41, 5.74) is 2.68. The first-order chi connectivity index (χ1) is 9.86. The van der Waals surface area contributed by atoms with Crippen molar-refractivity contribution in [2.24, 2.45) is 0 Å². The van der Waals surface area contributed by atoms with Crippen molar-refractivity contribution in [2.45, 2.75) is 44.6 Å². The van der Waals surface area contributed by atoms with E-state index in [1.807, 2.05) is 10.8 Å². The third-order valence-electron chi connectivity index (χ3n) is 4.26. The maximum absolute atomic E-state index is 10.9. The fourth-order valence-electron chi connectivity index (χ4n) is 3.10. The van der Waals surface area contributed by atoms with Crippen molar-refractivity contribution in [1.29, 1.82) is 0 Å². The van der Waals surface area contributed by atoms with Crippen molar-refractivity contribution in [3.05, 3.63) is 53.6 Å². The van der Waals surface area contributed by atoms with E-state index in [-0.39, 0.29) is 0 Å². The van der Waals surface area contributed by atoms with Crippen LogP contribution in [0.3, 0.4) is 0 Å². The van der Waals surface area contributed by atoms with Crippen LogP contribution in [-0.4, -0.2) is 15.8 Å². The summed E-state index contributed by atoms with van der Waals surface area (Å²) in [6.07, 6.45) is 11.1. The van der Waals surface area contributed by atoms with Gasteiger partial charge in [-0.15, -0.1) is 0 Å². The number of nitrogens with zero attached hydrogens (tertiary/aromatic N) is 2. The number of rotatable bonds is 4. The van der Waals surface area contributed by atoms with Crippen molar-refractivity contribution < 1.29 is 4.79 Å². The molecule has 3 heteroatoms. The number of carbonyl (C=O) groups excluding carboxylic acids is 1. The van der Waals surface area contributed by atoms with Gasteiger partial charge >= 0.3 is 0 Å². The van der Waals surface area contributed by atoms with E-state index >= 15 is 0 Å². The number of hydrogen-bond donors (Lipinski definition) is 0. The Labute approximate surface area is 119 Å². The fourth-order valence-corrected chi connectivity index (χ4v) is 3.10. The molecule has 1 aliphatic rings. The molecule has 1 fully saturated rings. The fraction of sp³-hybridized carbons (Fsp3) is 0.412. The lowest BCUT2D eigenvalue weighted by atomic mass is 9.84. The van der Waals surface area contributed by atoms with E-state index in [4.69, 9.17) is 0 Å². The van der Waals surface area contributed by atoms with Gasteiger partial charge in [0.05, 0.1) is 0 Å². The summed E-state index contributed by atoms with van der Waals surface area (Å²) < 4.78 is 1.88. The lowest BCUT2D eigenvalue weighted by molar-refractivity contribution is 0.111. The Bertz CT molecular complexity index is 565. The Balaban J connectivity index is 1.71. The molecular formula is C17H20N2O. The van der Waals surface area contributed by atoms with Gasteiger partial charge in [0.2, 0.25) is 0 Å². The van der Waals surface area contributed by atoms with E-state index in [1.54, 1.807) is 6.20 Å². The van der Waals surface area contributed by atoms with Crippen molar-refractivity contribution >= 4 is 6.29 Å². The number of carbonyl (C=O) groups is 1. The lowest BCUT2D eigenvalue weighted by Crippen LogP contribution is -2.06. The van der Waals surface area contributed by atoms with Gasteiger partial charge in [0, 0.05) is 18.9 Å². The lowest BCUT2D eigenvalue weighted by Gasteiger charge is -2.22. The van der Waals surface area contributed by atoms with Crippen LogP contribution in [-0.2, 0) is 6.54 Å². The highest BCUT2D eigenvalue weighted by molar-refractivity contribution is 5.69. The van der Waals surface area contributed by atoms with Crippen LogP contribution < -0.4 is 0 Å². The molecule has 1 saturated carbocycles. The van der Waals surface area contributed by atoms with E-state index in [2.05, 4.69) is 29.2 Å². The van der Waals surface area contributed by atoms with Gasteiger partial charge in [-0.1, -0.05) is 43.5 Å². The van der Waals surface area contributed by atoms with Crippen LogP contribution in [0.4, 0.5) is 0 Å². The van der Waals surface area contributed by atoms with Gasteiger partial charge in [0.25, 0.3) is 0 Å². The zero-order valence-corrected chi connectivity index (χ0v) is 11.7. The Morgan fingerprint density at radius 1 is 1.15 bits per heavy atom. The van der Waals surface area contributed by atoms with Gasteiger partial charge in [-0.3, -0.25) is 4.79 Å². The van der Waals surface area contributed by atoms with Crippen LogP contribution in [0, 0.1) is 0 Å². The molecule has 0 amide bonds. The summed E-state index contributed by atoms with van der Waals surface area (Å²) in [5, 5.41) is 0. The van der Waals surface area contributed by atoms with E-state index in [1.165, 1.54) is 43.2 Å². The molecular weight excluding hydrogens is 248 g/mol. The maximum Gasteiger partial charge on any atom is 0.185 e. The summed E-state index contributed by atoms with van der Waals surface area (Å²) >= 11 is 0. The number of aromatic nitrogens is 2. The molecule has 1 aromatic carbocycles. The molecule has 0 atom stereocenters. The minimum atomic E-state index is 0.487. The highest BCUT2D eigenvalue weighted by Crippen LogP contribution is 2.32. The predicted octanol–water partition coefficient (Wildman–Crippen LogP) is 3.79. The highest BCUT2D eigenvalue weighted by Gasteiger charge is 2.15. The molecule has 20 heavy (non-hydrogen) atoms. The minimum absolute atomic E-state index is 0.487. The smallest absolute Gasteiger partial charge is 0.185 e. The maximum atomic E-state index is 10.9. The van der Waals surface area contributed by atoms with Gasteiger partial charge in [-0.25, -0.2) is 4.98 Å². The van der Waals surface area contributed by atoms with Gasteiger partial charge in [0.15, 0.2) is 12.1 Å². The second kappa shape index (κ2) is 6.04. The zero-order chi connectivity index (χ0) is 13.8. The molecule has 1 heterocycles. The Morgan fingerprint density at radius 2 is 1.90 bits per heavy atom. The quantitative estimate of drug-likeness (QED) is 0.791. The second-order valence-electron chi connectivity index (χ2n) is 5.61. The summed E-state index contributed by atoms with van der Waals surface area (Å²) in [6.45, 7) is 0.707. The normalized spacial score (nSPS) is 16.2. The van der Waals surface area contributed by atoms with E-state index in [9.17, 15) is 4.79 Å². The molecule has 0 spiro atoms. The van der Waals surface area contributed by atoms with Crippen molar-refractivity contribution in [1.82, 2.24) is 9.55 Å². The van der Waals surface area contributed by atoms with E-state index in [0.29, 0.717) is 12.4 Å². The molecule has 0 bridgehead atoms. The first-order valence-electron chi connectivity index (χ1n) is 7.42. The SMILES string of the molecule is O=Cc1nccn1Cc1ccc(C2CCCCC2)cc1. The number of imidazole rings is 1. The summed E-state index contributed by atoms with van der Waals surface area (Å²) in [5.74, 6) is 1.23. The molecule has 0 N–H and O–H groups in total. The molecule has 0 radical (unpaired) electrons. The number of aldehydes is 1. The van der Waals surface area contributed by atoms with E-state index in [0.717, 1.165) is 12.2 Å². The van der Waals surface area contributed by atoms with Crippen LogP contribution in [0.5, 0.6) is 0 Å². The Hall–Kier alpha value is -1.90. The largest absolute Gasteiger partial charge is 0.324 e. The summed E-state index contributed by atoms with van der Waals surface area (Å²) in [6, 6.07) is 8.86. The molecule has 0 aliphatic heterocycles. The van der Waals surface area contributed by atoms with Crippen LogP contribution >= 0.6 is 0 Å².